The van der Waals surface area contributed by atoms with E-state index in [1.165, 1.54) is 37.2 Å². The molecule has 1 saturated heterocycles. The topological polar surface area (TPSA) is 15.3 Å². The van der Waals surface area contributed by atoms with Crippen LogP contribution < -0.4 is 5.32 Å². The van der Waals surface area contributed by atoms with Gasteiger partial charge in [-0.3, -0.25) is 4.90 Å². The summed E-state index contributed by atoms with van der Waals surface area (Å²) in [5, 5.41) is 3.73. The quantitative estimate of drug-likeness (QED) is 0.811. The van der Waals surface area contributed by atoms with Crippen molar-refractivity contribution in [3.05, 3.63) is 35.9 Å². The minimum Gasteiger partial charge on any atom is -0.312 e. The fourth-order valence-electron chi connectivity index (χ4n) is 2.97. The Labute approximate surface area is 128 Å². The van der Waals surface area contributed by atoms with Gasteiger partial charge in [-0.1, -0.05) is 30.3 Å². The first kappa shape index (κ1) is 15.9. The Hall–Kier alpha value is -0.510. The Morgan fingerprint density at radius 1 is 1.30 bits per heavy atom. The van der Waals surface area contributed by atoms with E-state index in [1.807, 2.05) is 11.8 Å². The van der Waals surface area contributed by atoms with Gasteiger partial charge >= 0.3 is 0 Å². The standard InChI is InChI=1S/C17H28N2S/c1-15-9-10-18-17(13-16-7-4-3-5-8-16)14-19(15)11-6-12-20-2/h3-5,7-8,15,17-18H,6,9-14H2,1-2H3. The van der Waals surface area contributed by atoms with Crippen LogP contribution in [-0.4, -0.2) is 48.6 Å². The van der Waals surface area contributed by atoms with Crippen molar-refractivity contribution in [3.63, 3.8) is 0 Å². The molecule has 2 nitrogen and oxygen atoms in total. The lowest BCUT2D eigenvalue weighted by Gasteiger charge is -2.29. The normalized spacial score (nSPS) is 24.5. The fraction of sp³-hybridized carbons (Fsp3) is 0.647. The lowest BCUT2D eigenvalue weighted by Crippen LogP contribution is -2.41. The van der Waals surface area contributed by atoms with Crippen LogP contribution in [0.25, 0.3) is 0 Å². The maximum atomic E-state index is 3.73. The second kappa shape index (κ2) is 8.71. The number of rotatable bonds is 6. The van der Waals surface area contributed by atoms with E-state index in [1.54, 1.807) is 0 Å². The van der Waals surface area contributed by atoms with E-state index in [9.17, 15) is 0 Å². The molecule has 0 amide bonds. The first-order chi connectivity index (χ1) is 9.79. The molecule has 1 N–H and O–H groups in total. The molecule has 1 aliphatic rings. The second-order valence-corrected chi connectivity index (χ2v) is 6.81. The molecule has 0 aromatic heterocycles. The van der Waals surface area contributed by atoms with E-state index in [-0.39, 0.29) is 0 Å². The lowest BCUT2D eigenvalue weighted by atomic mass is 10.1. The van der Waals surface area contributed by atoms with Gasteiger partial charge in [0.05, 0.1) is 0 Å². The molecule has 3 heteroatoms. The van der Waals surface area contributed by atoms with Crippen molar-refractivity contribution in [1.29, 1.82) is 0 Å². The van der Waals surface area contributed by atoms with E-state index in [2.05, 4.69) is 53.7 Å². The van der Waals surface area contributed by atoms with E-state index < -0.39 is 0 Å². The number of nitrogens with one attached hydrogen (secondary N) is 1. The average Bonchev–Trinajstić information content (AvgIpc) is 2.63. The highest BCUT2D eigenvalue weighted by Crippen LogP contribution is 2.13. The monoisotopic (exact) mass is 292 g/mol. The molecule has 20 heavy (non-hydrogen) atoms. The van der Waals surface area contributed by atoms with Crippen molar-refractivity contribution < 1.29 is 0 Å². The molecule has 0 saturated carbocycles. The van der Waals surface area contributed by atoms with Crippen LogP contribution in [0.5, 0.6) is 0 Å². The number of hydrogen-bond acceptors (Lipinski definition) is 3. The SMILES string of the molecule is CSCCCN1CC(Cc2ccccc2)NCCC1C. The Morgan fingerprint density at radius 3 is 2.85 bits per heavy atom. The molecular weight excluding hydrogens is 264 g/mol. The first-order valence-corrected chi connectivity index (χ1v) is 9.19. The summed E-state index contributed by atoms with van der Waals surface area (Å²) in [5.41, 5.74) is 1.45. The summed E-state index contributed by atoms with van der Waals surface area (Å²) < 4.78 is 0. The van der Waals surface area contributed by atoms with Gasteiger partial charge in [-0.25, -0.2) is 0 Å². The molecule has 0 spiro atoms. The molecule has 112 valence electrons. The Kier molecular flexibility index (Phi) is 6.91. The van der Waals surface area contributed by atoms with Crippen molar-refractivity contribution in [3.8, 4) is 0 Å². The van der Waals surface area contributed by atoms with Crippen LogP contribution in [0.1, 0.15) is 25.3 Å². The van der Waals surface area contributed by atoms with E-state index in [0.29, 0.717) is 12.1 Å². The van der Waals surface area contributed by atoms with Crippen molar-refractivity contribution >= 4 is 11.8 Å². The van der Waals surface area contributed by atoms with Crippen LogP contribution in [0.4, 0.5) is 0 Å². The summed E-state index contributed by atoms with van der Waals surface area (Å²) in [6.45, 7) is 5.96. The first-order valence-electron chi connectivity index (χ1n) is 7.80. The molecule has 2 atom stereocenters. The maximum Gasteiger partial charge on any atom is 0.0235 e. The van der Waals surface area contributed by atoms with Gasteiger partial charge < -0.3 is 5.32 Å². The highest BCUT2D eigenvalue weighted by Gasteiger charge is 2.22. The molecule has 1 heterocycles. The van der Waals surface area contributed by atoms with Crippen LogP contribution in [0.3, 0.4) is 0 Å². The summed E-state index contributed by atoms with van der Waals surface area (Å²) >= 11 is 1.96. The van der Waals surface area contributed by atoms with Gasteiger partial charge in [0.2, 0.25) is 0 Å². The van der Waals surface area contributed by atoms with Gasteiger partial charge in [0.15, 0.2) is 0 Å². The zero-order chi connectivity index (χ0) is 14.2. The predicted octanol–water partition coefficient (Wildman–Crippen LogP) is 3.03. The number of nitrogens with zero attached hydrogens (tertiary/aromatic N) is 1. The maximum absolute atomic E-state index is 3.73. The van der Waals surface area contributed by atoms with Crippen molar-refractivity contribution in [2.75, 3.05) is 31.6 Å². The number of thioether (sulfide) groups is 1. The van der Waals surface area contributed by atoms with Crippen LogP contribution in [-0.2, 0) is 6.42 Å². The third-order valence-corrected chi connectivity index (χ3v) is 4.89. The lowest BCUT2D eigenvalue weighted by molar-refractivity contribution is 0.205. The summed E-state index contributed by atoms with van der Waals surface area (Å²) in [6.07, 6.45) is 5.92. The molecule has 0 aliphatic carbocycles. The summed E-state index contributed by atoms with van der Waals surface area (Å²) in [4.78, 5) is 2.68. The minimum atomic E-state index is 0.594. The molecule has 1 fully saturated rings. The predicted molar refractivity (Wildman–Crippen MR) is 90.6 cm³/mol. The molecule has 2 unspecified atom stereocenters. The van der Waals surface area contributed by atoms with Crippen molar-refractivity contribution in [2.45, 2.75) is 38.3 Å². The largest absolute Gasteiger partial charge is 0.312 e. The third-order valence-electron chi connectivity index (χ3n) is 4.19. The third kappa shape index (κ3) is 5.12. The van der Waals surface area contributed by atoms with Crippen LogP contribution in [0.2, 0.25) is 0 Å². The highest BCUT2D eigenvalue weighted by molar-refractivity contribution is 7.98. The number of hydrogen-bond donors (Lipinski definition) is 1. The summed E-state index contributed by atoms with van der Waals surface area (Å²) in [7, 11) is 0. The molecule has 2 rings (SSSR count). The smallest absolute Gasteiger partial charge is 0.0235 e. The molecular formula is C17H28N2S. The molecule has 1 aromatic carbocycles. The summed E-state index contributed by atoms with van der Waals surface area (Å²) in [5.74, 6) is 1.28. The van der Waals surface area contributed by atoms with Crippen molar-refractivity contribution in [2.24, 2.45) is 0 Å². The van der Waals surface area contributed by atoms with Gasteiger partial charge in [0, 0.05) is 18.6 Å². The van der Waals surface area contributed by atoms with Crippen LogP contribution in [0.15, 0.2) is 30.3 Å². The van der Waals surface area contributed by atoms with Gasteiger partial charge in [-0.15, -0.1) is 0 Å². The van der Waals surface area contributed by atoms with Gasteiger partial charge in [-0.05, 0) is 56.8 Å². The van der Waals surface area contributed by atoms with Gasteiger partial charge in [0.25, 0.3) is 0 Å². The number of benzene rings is 1. The molecule has 1 aliphatic heterocycles. The fourth-order valence-corrected chi connectivity index (χ4v) is 3.38. The zero-order valence-electron chi connectivity index (χ0n) is 12.8. The Morgan fingerprint density at radius 2 is 2.10 bits per heavy atom. The van der Waals surface area contributed by atoms with E-state index in [0.717, 1.165) is 13.0 Å². The Bertz CT molecular complexity index is 369. The minimum absolute atomic E-state index is 0.594. The van der Waals surface area contributed by atoms with Gasteiger partial charge in [-0.2, -0.15) is 11.8 Å². The molecule has 0 radical (unpaired) electrons. The average molecular weight is 292 g/mol. The van der Waals surface area contributed by atoms with E-state index in [4.69, 9.17) is 0 Å². The molecule has 0 bridgehead atoms. The Balaban J connectivity index is 1.89. The molecule has 1 aromatic rings. The zero-order valence-corrected chi connectivity index (χ0v) is 13.7. The van der Waals surface area contributed by atoms with Crippen LogP contribution in [0, 0.1) is 0 Å². The highest BCUT2D eigenvalue weighted by atomic mass is 32.2. The van der Waals surface area contributed by atoms with Gasteiger partial charge in [0.1, 0.15) is 0 Å². The van der Waals surface area contributed by atoms with E-state index >= 15 is 0 Å². The second-order valence-electron chi connectivity index (χ2n) is 5.82. The van der Waals surface area contributed by atoms with Crippen molar-refractivity contribution in [1.82, 2.24) is 10.2 Å². The summed E-state index contributed by atoms with van der Waals surface area (Å²) in [6, 6.07) is 12.2. The van der Waals surface area contributed by atoms with Crippen LogP contribution >= 0.6 is 11.8 Å².